The highest BCUT2D eigenvalue weighted by molar-refractivity contribution is 7.89. The maximum Gasteiger partial charge on any atom is 0.321 e. The third-order valence-electron chi connectivity index (χ3n) is 2.96. The molecule has 0 bridgehead atoms. The Morgan fingerprint density at radius 3 is 2.32 bits per heavy atom. The first-order valence-corrected chi connectivity index (χ1v) is 8.45. The monoisotopic (exact) mass is 375 g/mol. The van der Waals surface area contributed by atoms with E-state index in [1.807, 2.05) is 0 Å². The molecule has 0 atom stereocenters. The van der Waals surface area contributed by atoms with Gasteiger partial charge in [-0.3, -0.25) is 14.4 Å². The predicted octanol–water partition coefficient (Wildman–Crippen LogP) is -1.15. The molecular weight excluding hydrogens is 357 g/mol. The summed E-state index contributed by atoms with van der Waals surface area (Å²) in [6, 6.07) is 4.10. The van der Waals surface area contributed by atoms with Crippen molar-refractivity contribution in [2.45, 2.75) is 4.90 Å². The van der Waals surface area contributed by atoms with Gasteiger partial charge in [-0.2, -0.15) is 4.31 Å². The molecule has 0 radical (unpaired) electrons. The molecule has 0 unspecified atom stereocenters. The van der Waals surface area contributed by atoms with E-state index >= 15 is 0 Å². The largest absolute Gasteiger partial charge is 0.455 e. The number of amides is 2. The van der Waals surface area contributed by atoms with Crippen molar-refractivity contribution in [2.24, 2.45) is 0 Å². The van der Waals surface area contributed by atoms with Gasteiger partial charge in [0.1, 0.15) is 12.4 Å². The van der Waals surface area contributed by atoms with Crippen LogP contribution in [0.1, 0.15) is 0 Å². The lowest BCUT2D eigenvalue weighted by Crippen LogP contribution is -2.38. The number of benzene rings is 1. The van der Waals surface area contributed by atoms with Crippen molar-refractivity contribution in [3.05, 3.63) is 30.1 Å². The number of hydrogen-bond donors (Lipinski definition) is 2. The molecule has 0 spiro atoms. The fourth-order valence-corrected chi connectivity index (χ4v) is 2.68. The second kappa shape index (κ2) is 9.08. The number of hydrogen-bond acceptors (Lipinski definition) is 6. The predicted molar refractivity (Wildman–Crippen MR) is 84.3 cm³/mol. The maximum absolute atomic E-state index is 12.9. The van der Waals surface area contributed by atoms with Crippen LogP contribution in [0.25, 0.3) is 0 Å². The molecule has 25 heavy (non-hydrogen) atoms. The molecule has 0 heterocycles. The van der Waals surface area contributed by atoms with Crippen LogP contribution in [0.5, 0.6) is 0 Å². The molecule has 1 aromatic rings. The SMILES string of the molecule is CNC(=O)CNC(=O)COC(=O)CN(C)S(=O)(=O)c1ccc(F)cc1. The molecule has 0 saturated carbocycles. The number of rotatable bonds is 8. The summed E-state index contributed by atoms with van der Waals surface area (Å²) in [6.07, 6.45) is 0. The van der Waals surface area contributed by atoms with Crippen molar-refractivity contribution in [1.82, 2.24) is 14.9 Å². The molecule has 9 nitrogen and oxygen atoms in total. The Balaban J connectivity index is 2.52. The van der Waals surface area contributed by atoms with E-state index in [4.69, 9.17) is 0 Å². The van der Waals surface area contributed by atoms with Crippen LogP contribution < -0.4 is 10.6 Å². The second-order valence-electron chi connectivity index (χ2n) is 4.83. The highest BCUT2D eigenvalue weighted by atomic mass is 32.2. The molecule has 0 aliphatic heterocycles. The van der Waals surface area contributed by atoms with Gasteiger partial charge in [-0.15, -0.1) is 0 Å². The number of nitrogens with zero attached hydrogens (tertiary/aromatic N) is 1. The van der Waals surface area contributed by atoms with Crippen molar-refractivity contribution < 1.29 is 31.9 Å². The average molecular weight is 375 g/mol. The zero-order chi connectivity index (χ0) is 19.0. The minimum Gasteiger partial charge on any atom is -0.455 e. The highest BCUT2D eigenvalue weighted by Gasteiger charge is 2.23. The van der Waals surface area contributed by atoms with Gasteiger partial charge >= 0.3 is 5.97 Å². The Morgan fingerprint density at radius 2 is 1.76 bits per heavy atom. The first kappa shape index (κ1) is 20.5. The van der Waals surface area contributed by atoms with Crippen LogP contribution in [0.15, 0.2) is 29.2 Å². The maximum atomic E-state index is 12.9. The molecule has 0 aromatic heterocycles. The van der Waals surface area contributed by atoms with Gasteiger partial charge in [0.05, 0.1) is 11.4 Å². The third kappa shape index (κ3) is 6.47. The standard InChI is InChI=1S/C14H18FN3O6S/c1-16-12(19)7-17-13(20)9-24-14(21)8-18(2)25(22,23)11-5-3-10(15)4-6-11/h3-6H,7-9H2,1-2H3,(H,16,19)(H,17,20). The number of likely N-dealkylation sites (N-methyl/N-ethyl adjacent to an activating group) is 2. The van der Waals surface area contributed by atoms with Crippen LogP contribution in [0, 0.1) is 5.82 Å². The second-order valence-corrected chi connectivity index (χ2v) is 6.87. The normalized spacial score (nSPS) is 11.0. The van der Waals surface area contributed by atoms with Crippen LogP contribution in [-0.2, 0) is 29.1 Å². The molecule has 0 aliphatic carbocycles. The Labute approximate surface area is 144 Å². The van der Waals surface area contributed by atoms with Gasteiger partial charge in [-0.25, -0.2) is 12.8 Å². The third-order valence-corrected chi connectivity index (χ3v) is 4.78. The first-order chi connectivity index (χ1) is 11.7. The van der Waals surface area contributed by atoms with Gasteiger partial charge in [0.15, 0.2) is 6.61 Å². The van der Waals surface area contributed by atoms with Gasteiger partial charge in [0.25, 0.3) is 5.91 Å². The number of esters is 1. The van der Waals surface area contributed by atoms with E-state index in [-0.39, 0.29) is 11.4 Å². The molecule has 2 N–H and O–H groups in total. The number of nitrogens with one attached hydrogen (secondary N) is 2. The van der Waals surface area contributed by atoms with Crippen LogP contribution in [0.3, 0.4) is 0 Å². The van der Waals surface area contributed by atoms with E-state index in [0.717, 1.165) is 31.3 Å². The lowest BCUT2D eigenvalue weighted by Gasteiger charge is -2.16. The zero-order valence-electron chi connectivity index (χ0n) is 13.6. The van der Waals surface area contributed by atoms with E-state index < -0.39 is 46.8 Å². The van der Waals surface area contributed by atoms with Crippen LogP contribution in [0.4, 0.5) is 4.39 Å². The van der Waals surface area contributed by atoms with E-state index in [9.17, 15) is 27.2 Å². The minimum absolute atomic E-state index is 0.187. The first-order valence-electron chi connectivity index (χ1n) is 7.01. The molecule has 1 rings (SSSR count). The van der Waals surface area contributed by atoms with Gasteiger partial charge in [-0.05, 0) is 24.3 Å². The van der Waals surface area contributed by atoms with Gasteiger partial charge in [0, 0.05) is 14.1 Å². The number of halogens is 1. The molecule has 2 amide bonds. The smallest absolute Gasteiger partial charge is 0.321 e. The number of carbonyl (C=O) groups excluding carboxylic acids is 3. The molecule has 11 heteroatoms. The summed E-state index contributed by atoms with van der Waals surface area (Å²) in [5, 5.41) is 4.50. The topological polar surface area (TPSA) is 122 Å². The van der Waals surface area contributed by atoms with Crippen LogP contribution >= 0.6 is 0 Å². The summed E-state index contributed by atoms with van der Waals surface area (Å²) in [4.78, 5) is 33.8. The van der Waals surface area contributed by atoms with Gasteiger partial charge in [0.2, 0.25) is 15.9 Å². The summed E-state index contributed by atoms with van der Waals surface area (Å²) in [6.45, 7) is -1.56. The Kier molecular flexibility index (Phi) is 7.45. The summed E-state index contributed by atoms with van der Waals surface area (Å²) >= 11 is 0. The van der Waals surface area contributed by atoms with Crippen LogP contribution in [-0.4, -0.2) is 64.3 Å². The zero-order valence-corrected chi connectivity index (χ0v) is 14.4. The minimum atomic E-state index is -4.00. The number of sulfonamides is 1. The molecular formula is C14H18FN3O6S. The molecule has 0 aliphatic rings. The molecule has 138 valence electrons. The molecule has 0 saturated heterocycles. The fraction of sp³-hybridized carbons (Fsp3) is 0.357. The summed E-state index contributed by atoms with van der Waals surface area (Å²) in [5.41, 5.74) is 0. The summed E-state index contributed by atoms with van der Waals surface area (Å²) < 4.78 is 42.6. The lowest BCUT2D eigenvalue weighted by molar-refractivity contribution is -0.148. The van der Waals surface area contributed by atoms with Crippen LogP contribution in [0.2, 0.25) is 0 Å². The Hall–Kier alpha value is -2.53. The van der Waals surface area contributed by atoms with E-state index in [2.05, 4.69) is 15.4 Å². The highest BCUT2D eigenvalue weighted by Crippen LogP contribution is 2.14. The van der Waals surface area contributed by atoms with Crippen molar-refractivity contribution in [1.29, 1.82) is 0 Å². The molecule has 0 fully saturated rings. The summed E-state index contributed by atoms with van der Waals surface area (Å²) in [5.74, 6) is -2.68. The van der Waals surface area contributed by atoms with Gasteiger partial charge in [-0.1, -0.05) is 0 Å². The number of ether oxygens (including phenoxy) is 1. The quantitative estimate of drug-likeness (QED) is 0.554. The van der Waals surface area contributed by atoms with Crippen molar-refractivity contribution in [3.63, 3.8) is 0 Å². The van der Waals surface area contributed by atoms with E-state index in [1.54, 1.807) is 0 Å². The Bertz CT molecular complexity index is 735. The van der Waals surface area contributed by atoms with Crippen molar-refractivity contribution in [2.75, 3.05) is 33.8 Å². The van der Waals surface area contributed by atoms with E-state index in [0.29, 0.717) is 4.31 Å². The Morgan fingerprint density at radius 1 is 1.16 bits per heavy atom. The average Bonchev–Trinajstić information content (AvgIpc) is 2.58. The number of carbonyl (C=O) groups is 3. The summed E-state index contributed by atoms with van der Waals surface area (Å²) in [7, 11) is -1.46. The van der Waals surface area contributed by atoms with Crippen molar-refractivity contribution >= 4 is 27.8 Å². The van der Waals surface area contributed by atoms with Crippen molar-refractivity contribution in [3.8, 4) is 0 Å². The van der Waals surface area contributed by atoms with E-state index in [1.165, 1.54) is 7.05 Å². The van der Waals surface area contributed by atoms with Gasteiger partial charge < -0.3 is 15.4 Å². The fourth-order valence-electron chi connectivity index (χ4n) is 1.56. The lowest BCUT2D eigenvalue weighted by atomic mass is 10.4. The molecule has 1 aromatic carbocycles.